The van der Waals surface area contributed by atoms with E-state index in [1.165, 1.54) is 62.3 Å². The van der Waals surface area contributed by atoms with Crippen molar-refractivity contribution >= 4 is 16.9 Å². The van der Waals surface area contributed by atoms with Crippen molar-refractivity contribution in [1.82, 2.24) is 10.2 Å². The maximum Gasteiger partial charge on any atom is 0.156 e. The number of nitrogens with zero attached hydrogens (tertiary/aromatic N) is 2. The molecule has 0 amide bonds. The van der Waals surface area contributed by atoms with E-state index in [1.54, 1.807) is 0 Å². The van der Waals surface area contributed by atoms with E-state index >= 15 is 0 Å². The van der Waals surface area contributed by atoms with E-state index < -0.39 is 0 Å². The van der Waals surface area contributed by atoms with Crippen LogP contribution in [0, 0.1) is 5.41 Å². The van der Waals surface area contributed by atoms with Crippen molar-refractivity contribution in [2.24, 2.45) is 10.4 Å². The molecule has 3 nitrogen and oxygen atoms in total. The number of rotatable bonds is 3. The SMILES string of the molecule is CN(C)C1(CNC2=NCC3(CCCCC3)CS2)CCC1. The quantitative estimate of drug-likeness (QED) is 0.867. The zero-order chi connectivity index (χ0) is 14.1. The maximum atomic E-state index is 4.88. The summed E-state index contributed by atoms with van der Waals surface area (Å²) in [7, 11) is 4.43. The molecule has 4 heteroatoms. The molecule has 114 valence electrons. The van der Waals surface area contributed by atoms with Crippen molar-refractivity contribution in [2.75, 3.05) is 32.9 Å². The van der Waals surface area contributed by atoms with Crippen LogP contribution in [-0.4, -0.2) is 48.5 Å². The highest BCUT2D eigenvalue weighted by Gasteiger charge is 2.40. The van der Waals surface area contributed by atoms with E-state index in [0.29, 0.717) is 11.0 Å². The second kappa shape index (κ2) is 5.88. The Bertz CT molecular complexity index is 368. The Morgan fingerprint density at radius 2 is 1.85 bits per heavy atom. The van der Waals surface area contributed by atoms with Gasteiger partial charge in [0.05, 0.1) is 0 Å². The molecule has 1 aliphatic heterocycles. The van der Waals surface area contributed by atoms with Gasteiger partial charge in [0.1, 0.15) is 0 Å². The summed E-state index contributed by atoms with van der Waals surface area (Å²) in [5, 5.41) is 4.84. The van der Waals surface area contributed by atoms with E-state index in [-0.39, 0.29) is 0 Å². The molecular weight excluding hydrogens is 266 g/mol. The van der Waals surface area contributed by atoms with Gasteiger partial charge in [0.25, 0.3) is 0 Å². The van der Waals surface area contributed by atoms with Crippen molar-refractivity contribution in [3.63, 3.8) is 0 Å². The molecule has 1 heterocycles. The van der Waals surface area contributed by atoms with Crippen molar-refractivity contribution in [2.45, 2.75) is 56.9 Å². The molecule has 3 rings (SSSR count). The molecule has 20 heavy (non-hydrogen) atoms. The molecule has 2 aliphatic carbocycles. The maximum absolute atomic E-state index is 4.88. The smallest absolute Gasteiger partial charge is 0.156 e. The minimum atomic E-state index is 0.392. The molecular formula is C16H29N3S. The summed E-state index contributed by atoms with van der Waals surface area (Å²) < 4.78 is 0. The van der Waals surface area contributed by atoms with Gasteiger partial charge in [-0.3, -0.25) is 4.99 Å². The molecule has 0 radical (unpaired) electrons. The summed E-state index contributed by atoms with van der Waals surface area (Å²) in [6, 6.07) is 0. The number of hydrogen-bond donors (Lipinski definition) is 1. The first-order chi connectivity index (χ1) is 9.64. The van der Waals surface area contributed by atoms with E-state index in [1.807, 2.05) is 11.8 Å². The molecule has 0 saturated heterocycles. The van der Waals surface area contributed by atoms with Crippen LogP contribution in [-0.2, 0) is 0 Å². The van der Waals surface area contributed by atoms with Crippen molar-refractivity contribution in [1.29, 1.82) is 0 Å². The van der Waals surface area contributed by atoms with E-state index in [4.69, 9.17) is 4.99 Å². The van der Waals surface area contributed by atoms with Gasteiger partial charge in [-0.25, -0.2) is 0 Å². The number of amidine groups is 1. The van der Waals surface area contributed by atoms with Gasteiger partial charge in [0.2, 0.25) is 0 Å². The molecule has 1 N–H and O–H groups in total. The average molecular weight is 295 g/mol. The standard InChI is InChI=1S/C16H29N3S/c1-19(2)16(9-6-10-16)12-18-14-17-11-15(13-20-14)7-4-3-5-8-15/h3-13H2,1-2H3,(H,17,18). The van der Waals surface area contributed by atoms with Gasteiger partial charge < -0.3 is 10.2 Å². The molecule has 0 bridgehead atoms. The zero-order valence-corrected chi connectivity index (χ0v) is 13.9. The fourth-order valence-corrected chi connectivity index (χ4v) is 5.02. The zero-order valence-electron chi connectivity index (χ0n) is 13.1. The Morgan fingerprint density at radius 3 is 2.35 bits per heavy atom. The van der Waals surface area contributed by atoms with Crippen LogP contribution in [0.1, 0.15) is 51.4 Å². The lowest BCUT2D eigenvalue weighted by atomic mass is 9.75. The van der Waals surface area contributed by atoms with E-state index in [0.717, 1.165) is 13.1 Å². The van der Waals surface area contributed by atoms with Gasteiger partial charge in [0.15, 0.2) is 5.17 Å². The first-order valence-electron chi connectivity index (χ1n) is 8.23. The topological polar surface area (TPSA) is 27.6 Å². The predicted octanol–water partition coefficient (Wildman–Crippen LogP) is 3.11. The van der Waals surface area contributed by atoms with Crippen LogP contribution in [0.25, 0.3) is 0 Å². The highest BCUT2D eigenvalue weighted by Crippen LogP contribution is 2.42. The van der Waals surface area contributed by atoms with Crippen LogP contribution >= 0.6 is 11.8 Å². The molecule has 0 aromatic carbocycles. The number of likely N-dealkylation sites (N-methyl/N-ethyl adjacent to an activating group) is 1. The number of aliphatic imine (C=N–C) groups is 1. The molecule has 2 fully saturated rings. The lowest BCUT2D eigenvalue weighted by Crippen LogP contribution is -2.57. The number of thioether (sulfide) groups is 1. The minimum Gasteiger partial charge on any atom is -0.363 e. The third-order valence-electron chi connectivity index (χ3n) is 5.79. The highest BCUT2D eigenvalue weighted by atomic mass is 32.2. The van der Waals surface area contributed by atoms with E-state index in [2.05, 4.69) is 24.3 Å². The van der Waals surface area contributed by atoms with Gasteiger partial charge in [0, 0.05) is 24.4 Å². The fraction of sp³-hybridized carbons (Fsp3) is 0.938. The first-order valence-corrected chi connectivity index (χ1v) is 9.21. The molecule has 0 unspecified atom stereocenters. The van der Waals surface area contributed by atoms with Crippen LogP contribution in [0.5, 0.6) is 0 Å². The van der Waals surface area contributed by atoms with Gasteiger partial charge in [-0.15, -0.1) is 0 Å². The normalized spacial score (nSPS) is 28.1. The van der Waals surface area contributed by atoms with Crippen molar-refractivity contribution in [3.05, 3.63) is 0 Å². The van der Waals surface area contributed by atoms with Crippen LogP contribution in [0.2, 0.25) is 0 Å². The highest BCUT2D eigenvalue weighted by molar-refractivity contribution is 8.13. The fourth-order valence-electron chi connectivity index (χ4n) is 3.87. The lowest BCUT2D eigenvalue weighted by Gasteiger charge is -2.48. The molecule has 0 aromatic rings. The van der Waals surface area contributed by atoms with Gasteiger partial charge in [-0.1, -0.05) is 31.0 Å². The van der Waals surface area contributed by atoms with Crippen LogP contribution in [0.15, 0.2) is 4.99 Å². The van der Waals surface area contributed by atoms with Gasteiger partial charge >= 0.3 is 0 Å². The number of nitrogens with one attached hydrogen (secondary N) is 1. The third kappa shape index (κ3) is 2.87. The molecule has 0 atom stereocenters. The van der Waals surface area contributed by atoms with Crippen LogP contribution in [0.4, 0.5) is 0 Å². The Morgan fingerprint density at radius 1 is 1.10 bits per heavy atom. The molecule has 1 spiro atoms. The second-order valence-corrected chi connectivity index (χ2v) is 8.26. The van der Waals surface area contributed by atoms with Gasteiger partial charge in [-0.2, -0.15) is 0 Å². The van der Waals surface area contributed by atoms with Crippen LogP contribution < -0.4 is 5.32 Å². The summed E-state index contributed by atoms with van der Waals surface area (Å²) in [6.45, 7) is 2.14. The molecule has 0 aromatic heterocycles. The van der Waals surface area contributed by atoms with Gasteiger partial charge in [-0.05, 0) is 51.6 Å². The summed E-state index contributed by atoms with van der Waals surface area (Å²) in [5.74, 6) is 1.29. The number of hydrogen-bond acceptors (Lipinski definition) is 4. The Kier molecular flexibility index (Phi) is 4.32. The lowest BCUT2D eigenvalue weighted by molar-refractivity contribution is 0.0650. The minimum absolute atomic E-state index is 0.392. The summed E-state index contributed by atoms with van der Waals surface area (Å²) in [4.78, 5) is 7.28. The Hall–Kier alpha value is -0.220. The Balaban J connectivity index is 1.52. The predicted molar refractivity (Wildman–Crippen MR) is 88.5 cm³/mol. The van der Waals surface area contributed by atoms with E-state index in [9.17, 15) is 0 Å². The Labute approximate surface area is 128 Å². The summed E-state index contributed by atoms with van der Waals surface area (Å²) in [5.41, 5.74) is 0.937. The van der Waals surface area contributed by atoms with Crippen molar-refractivity contribution < 1.29 is 0 Å². The van der Waals surface area contributed by atoms with Crippen molar-refractivity contribution in [3.8, 4) is 0 Å². The third-order valence-corrected chi connectivity index (χ3v) is 7.09. The van der Waals surface area contributed by atoms with Crippen LogP contribution in [0.3, 0.4) is 0 Å². The molecule has 2 saturated carbocycles. The summed E-state index contributed by atoms with van der Waals surface area (Å²) in [6.07, 6.45) is 11.1. The second-order valence-electron chi connectivity index (χ2n) is 7.30. The monoisotopic (exact) mass is 295 g/mol. The molecule has 3 aliphatic rings. The average Bonchev–Trinajstić information content (AvgIpc) is 2.40. The largest absolute Gasteiger partial charge is 0.363 e. The first kappa shape index (κ1) is 14.7. The summed E-state index contributed by atoms with van der Waals surface area (Å²) >= 11 is 1.98.